The third-order valence-electron chi connectivity index (χ3n) is 7.82. The van der Waals surface area contributed by atoms with Crippen LogP contribution in [-0.2, 0) is 4.79 Å². The van der Waals surface area contributed by atoms with Gasteiger partial charge in [0.1, 0.15) is 0 Å². The normalized spacial score (nSPS) is 26.5. The first-order chi connectivity index (χ1) is 14.3. The van der Waals surface area contributed by atoms with Crippen LogP contribution >= 0.6 is 0 Å². The van der Waals surface area contributed by atoms with E-state index in [4.69, 9.17) is 0 Å². The van der Waals surface area contributed by atoms with Gasteiger partial charge in [-0.05, 0) is 51.2 Å². The Kier molecular flexibility index (Phi) is 5.69. The van der Waals surface area contributed by atoms with Crippen molar-refractivity contribution in [2.75, 3.05) is 45.8 Å². The highest BCUT2D eigenvalue weighted by Gasteiger charge is 2.64. The van der Waals surface area contributed by atoms with Crippen molar-refractivity contribution in [2.45, 2.75) is 47.0 Å². The average Bonchev–Trinajstić information content (AvgIpc) is 3.19. The van der Waals surface area contributed by atoms with Gasteiger partial charge in [0.25, 0.3) is 5.91 Å². The van der Waals surface area contributed by atoms with Gasteiger partial charge in [0.05, 0.1) is 5.41 Å². The Balaban J connectivity index is 1.55. The predicted molar refractivity (Wildman–Crippen MR) is 119 cm³/mol. The maximum atomic E-state index is 13.6. The summed E-state index contributed by atoms with van der Waals surface area (Å²) in [6, 6.07) is 7.88. The van der Waals surface area contributed by atoms with E-state index in [9.17, 15) is 9.59 Å². The SMILES string of the molecule is CCN1CC[C@@]2(CN(CC(C)C)CC23CCN(C(=O)c2cccc(C)c2)CC3)C1=O. The van der Waals surface area contributed by atoms with Crippen LogP contribution in [0.5, 0.6) is 0 Å². The summed E-state index contributed by atoms with van der Waals surface area (Å²) in [5.41, 5.74) is 1.65. The third-order valence-corrected chi connectivity index (χ3v) is 7.82. The fourth-order valence-electron chi connectivity index (χ4n) is 6.34. The molecule has 0 bridgehead atoms. The minimum atomic E-state index is -0.254. The van der Waals surface area contributed by atoms with E-state index in [-0.39, 0.29) is 16.7 Å². The molecular formula is C25H37N3O2. The molecule has 5 nitrogen and oxygen atoms in total. The lowest BCUT2D eigenvalue weighted by atomic mass is 9.60. The van der Waals surface area contributed by atoms with Crippen molar-refractivity contribution >= 4 is 11.8 Å². The summed E-state index contributed by atoms with van der Waals surface area (Å²) >= 11 is 0. The number of rotatable bonds is 4. The molecule has 1 aromatic rings. The van der Waals surface area contributed by atoms with Crippen LogP contribution in [0.4, 0.5) is 0 Å². The monoisotopic (exact) mass is 411 g/mol. The zero-order valence-electron chi connectivity index (χ0n) is 19.1. The number of amides is 2. The summed E-state index contributed by atoms with van der Waals surface area (Å²) in [5, 5.41) is 0. The lowest BCUT2D eigenvalue weighted by Gasteiger charge is -2.47. The van der Waals surface area contributed by atoms with E-state index < -0.39 is 0 Å². The van der Waals surface area contributed by atoms with Crippen LogP contribution in [0.2, 0.25) is 0 Å². The third kappa shape index (κ3) is 3.45. The topological polar surface area (TPSA) is 43.9 Å². The number of benzene rings is 1. The number of carbonyl (C=O) groups is 2. The average molecular weight is 412 g/mol. The molecule has 3 saturated heterocycles. The van der Waals surface area contributed by atoms with Gasteiger partial charge >= 0.3 is 0 Å². The first-order valence-corrected chi connectivity index (χ1v) is 11.7. The number of carbonyl (C=O) groups excluding carboxylic acids is 2. The molecule has 5 heteroatoms. The van der Waals surface area contributed by atoms with Crippen LogP contribution in [0.3, 0.4) is 0 Å². The van der Waals surface area contributed by atoms with Crippen LogP contribution in [0, 0.1) is 23.7 Å². The van der Waals surface area contributed by atoms with Crippen molar-refractivity contribution in [1.82, 2.24) is 14.7 Å². The second-order valence-electron chi connectivity index (χ2n) is 10.2. The number of piperidine rings is 1. The lowest BCUT2D eigenvalue weighted by Crippen LogP contribution is -2.53. The molecule has 1 atom stereocenters. The first-order valence-electron chi connectivity index (χ1n) is 11.7. The van der Waals surface area contributed by atoms with Gasteiger partial charge in [-0.15, -0.1) is 0 Å². The van der Waals surface area contributed by atoms with E-state index in [2.05, 4.69) is 30.6 Å². The van der Waals surface area contributed by atoms with Gasteiger partial charge in [0.2, 0.25) is 5.91 Å². The molecule has 1 aromatic carbocycles. The molecule has 0 unspecified atom stereocenters. The van der Waals surface area contributed by atoms with Gasteiger partial charge in [-0.25, -0.2) is 0 Å². The van der Waals surface area contributed by atoms with E-state index in [1.54, 1.807) is 0 Å². The van der Waals surface area contributed by atoms with Crippen molar-refractivity contribution in [3.63, 3.8) is 0 Å². The Morgan fingerprint density at radius 3 is 2.43 bits per heavy atom. The molecule has 0 aromatic heterocycles. The van der Waals surface area contributed by atoms with Gasteiger partial charge in [-0.1, -0.05) is 31.5 Å². The minimum absolute atomic E-state index is 0.00623. The summed E-state index contributed by atoms with van der Waals surface area (Å²) in [7, 11) is 0. The molecule has 3 fully saturated rings. The van der Waals surface area contributed by atoms with Gasteiger partial charge in [0, 0.05) is 56.8 Å². The number of hydrogen-bond donors (Lipinski definition) is 0. The standard InChI is InChI=1S/C25H37N3O2/c1-5-27-14-11-25(23(27)30)18-26(16-19(2)3)17-24(25)9-12-28(13-10-24)22(29)21-8-6-7-20(4)15-21/h6-8,15,19H,5,9-14,16-18H2,1-4H3/t25-/m1/s1. The van der Waals surface area contributed by atoms with Crippen LogP contribution in [0.1, 0.15) is 56.0 Å². The fraction of sp³-hybridized carbons (Fsp3) is 0.680. The molecule has 30 heavy (non-hydrogen) atoms. The van der Waals surface area contributed by atoms with Crippen LogP contribution < -0.4 is 0 Å². The Hall–Kier alpha value is -1.88. The van der Waals surface area contributed by atoms with Gasteiger partial charge in [-0.3, -0.25) is 9.59 Å². The molecule has 3 aliphatic rings. The fourth-order valence-corrected chi connectivity index (χ4v) is 6.34. The molecule has 4 rings (SSSR count). The largest absolute Gasteiger partial charge is 0.342 e. The molecule has 0 aliphatic carbocycles. The zero-order valence-corrected chi connectivity index (χ0v) is 19.1. The minimum Gasteiger partial charge on any atom is -0.342 e. The highest BCUT2D eigenvalue weighted by atomic mass is 16.2. The molecular weight excluding hydrogens is 374 g/mol. The molecule has 2 spiro atoms. The number of hydrogen-bond acceptors (Lipinski definition) is 3. The summed E-state index contributed by atoms with van der Waals surface area (Å²) in [6.45, 7) is 14.8. The lowest BCUT2D eigenvalue weighted by molar-refractivity contribution is -0.141. The second kappa shape index (κ2) is 7.99. The van der Waals surface area contributed by atoms with Crippen molar-refractivity contribution < 1.29 is 9.59 Å². The second-order valence-corrected chi connectivity index (χ2v) is 10.2. The van der Waals surface area contributed by atoms with Crippen molar-refractivity contribution in [2.24, 2.45) is 16.7 Å². The van der Waals surface area contributed by atoms with Crippen LogP contribution in [0.15, 0.2) is 24.3 Å². The van der Waals surface area contributed by atoms with Crippen molar-refractivity contribution in [3.8, 4) is 0 Å². The zero-order chi connectivity index (χ0) is 21.5. The summed E-state index contributed by atoms with van der Waals surface area (Å²) in [4.78, 5) is 33.3. The van der Waals surface area contributed by atoms with Crippen LogP contribution in [0.25, 0.3) is 0 Å². The number of likely N-dealkylation sites (tertiary alicyclic amines) is 3. The van der Waals surface area contributed by atoms with E-state index >= 15 is 0 Å². The predicted octanol–water partition coefficient (Wildman–Crippen LogP) is 3.43. The molecule has 0 N–H and O–H groups in total. The van der Waals surface area contributed by atoms with E-state index in [0.717, 1.165) is 76.2 Å². The van der Waals surface area contributed by atoms with Crippen molar-refractivity contribution in [1.29, 1.82) is 0 Å². The number of fused-ring (bicyclic) bond motifs is 1. The Morgan fingerprint density at radius 2 is 1.83 bits per heavy atom. The molecule has 3 heterocycles. The Bertz CT molecular complexity index is 812. The molecule has 0 saturated carbocycles. The van der Waals surface area contributed by atoms with Gasteiger partial charge < -0.3 is 14.7 Å². The Labute approximate surface area is 181 Å². The Morgan fingerprint density at radius 1 is 1.10 bits per heavy atom. The molecule has 2 amide bonds. The molecule has 3 aliphatic heterocycles. The molecule has 164 valence electrons. The quantitative estimate of drug-likeness (QED) is 0.762. The smallest absolute Gasteiger partial charge is 0.253 e. The highest BCUT2D eigenvalue weighted by molar-refractivity contribution is 5.94. The maximum Gasteiger partial charge on any atom is 0.253 e. The highest BCUT2D eigenvalue weighted by Crippen LogP contribution is 2.57. The number of aryl methyl sites for hydroxylation is 1. The number of nitrogens with zero attached hydrogens (tertiary/aromatic N) is 3. The van der Waals surface area contributed by atoms with Crippen molar-refractivity contribution in [3.05, 3.63) is 35.4 Å². The first kappa shape index (κ1) is 21.4. The van der Waals surface area contributed by atoms with E-state index in [1.807, 2.05) is 36.1 Å². The van der Waals surface area contributed by atoms with Gasteiger partial charge in [0.15, 0.2) is 0 Å². The summed E-state index contributed by atoms with van der Waals surface area (Å²) in [6.07, 6.45) is 2.84. The van der Waals surface area contributed by atoms with Gasteiger partial charge in [-0.2, -0.15) is 0 Å². The summed E-state index contributed by atoms with van der Waals surface area (Å²) in [5.74, 6) is 1.10. The van der Waals surface area contributed by atoms with E-state index in [1.165, 1.54) is 0 Å². The summed E-state index contributed by atoms with van der Waals surface area (Å²) < 4.78 is 0. The van der Waals surface area contributed by atoms with E-state index in [0.29, 0.717) is 11.8 Å². The molecule has 0 radical (unpaired) electrons. The maximum absolute atomic E-state index is 13.6. The van der Waals surface area contributed by atoms with Crippen LogP contribution in [-0.4, -0.2) is 72.3 Å².